The molecular formula is C13H26N2. The van der Waals surface area contributed by atoms with Crippen LogP contribution in [-0.4, -0.2) is 36.6 Å². The van der Waals surface area contributed by atoms with Crippen molar-refractivity contribution in [3.05, 3.63) is 0 Å². The van der Waals surface area contributed by atoms with Gasteiger partial charge in [-0.25, -0.2) is 0 Å². The lowest BCUT2D eigenvalue weighted by Crippen LogP contribution is -2.54. The molecule has 2 unspecified atom stereocenters. The van der Waals surface area contributed by atoms with Crippen molar-refractivity contribution in [3.8, 4) is 0 Å². The van der Waals surface area contributed by atoms with E-state index in [1.807, 2.05) is 0 Å². The van der Waals surface area contributed by atoms with Gasteiger partial charge in [0, 0.05) is 31.7 Å². The van der Waals surface area contributed by atoms with Gasteiger partial charge in [0.15, 0.2) is 0 Å². The van der Waals surface area contributed by atoms with Crippen LogP contribution in [0.2, 0.25) is 0 Å². The van der Waals surface area contributed by atoms with Crippen molar-refractivity contribution < 1.29 is 0 Å². The van der Waals surface area contributed by atoms with Gasteiger partial charge in [-0.15, -0.1) is 0 Å². The highest BCUT2D eigenvalue weighted by Gasteiger charge is 2.32. The van der Waals surface area contributed by atoms with Crippen LogP contribution in [0, 0.1) is 5.41 Å². The molecule has 0 aromatic heterocycles. The highest BCUT2D eigenvalue weighted by molar-refractivity contribution is 4.88. The van der Waals surface area contributed by atoms with Gasteiger partial charge in [-0.3, -0.25) is 4.90 Å². The summed E-state index contributed by atoms with van der Waals surface area (Å²) < 4.78 is 0. The third kappa shape index (κ3) is 2.94. The smallest absolute Gasteiger partial charge is 0.0167 e. The zero-order valence-corrected chi connectivity index (χ0v) is 10.6. The van der Waals surface area contributed by atoms with Gasteiger partial charge in [0.2, 0.25) is 0 Å². The van der Waals surface area contributed by atoms with Crippen molar-refractivity contribution in [2.75, 3.05) is 19.6 Å². The maximum atomic E-state index is 3.53. The SMILES string of the molecule is CC1CN(C2CCCC(C)(C)C2)CCN1. The van der Waals surface area contributed by atoms with Gasteiger partial charge in [-0.05, 0) is 31.6 Å². The monoisotopic (exact) mass is 210 g/mol. The van der Waals surface area contributed by atoms with E-state index in [0.29, 0.717) is 11.5 Å². The van der Waals surface area contributed by atoms with Gasteiger partial charge in [0.25, 0.3) is 0 Å². The van der Waals surface area contributed by atoms with Crippen LogP contribution in [-0.2, 0) is 0 Å². The lowest BCUT2D eigenvalue weighted by molar-refractivity contribution is 0.0731. The first-order valence-corrected chi connectivity index (χ1v) is 6.54. The zero-order valence-electron chi connectivity index (χ0n) is 10.6. The Bertz CT molecular complexity index is 213. The Kier molecular flexibility index (Phi) is 3.36. The summed E-state index contributed by atoms with van der Waals surface area (Å²) >= 11 is 0. The Morgan fingerprint density at radius 1 is 1.33 bits per heavy atom. The van der Waals surface area contributed by atoms with E-state index in [9.17, 15) is 0 Å². The maximum Gasteiger partial charge on any atom is 0.0167 e. The van der Waals surface area contributed by atoms with Crippen LogP contribution in [0.4, 0.5) is 0 Å². The van der Waals surface area contributed by atoms with Gasteiger partial charge in [0.05, 0.1) is 0 Å². The van der Waals surface area contributed by atoms with Crippen molar-refractivity contribution in [2.45, 2.75) is 58.5 Å². The number of rotatable bonds is 1. The van der Waals surface area contributed by atoms with E-state index in [2.05, 4.69) is 31.0 Å². The minimum atomic E-state index is 0.580. The molecule has 2 aliphatic rings. The molecule has 1 N–H and O–H groups in total. The molecule has 15 heavy (non-hydrogen) atoms. The highest BCUT2D eigenvalue weighted by Crippen LogP contribution is 2.37. The zero-order chi connectivity index (χ0) is 10.9. The van der Waals surface area contributed by atoms with Crippen molar-refractivity contribution >= 4 is 0 Å². The quantitative estimate of drug-likeness (QED) is 0.714. The molecule has 0 spiro atoms. The van der Waals surface area contributed by atoms with Gasteiger partial charge < -0.3 is 5.32 Å². The van der Waals surface area contributed by atoms with Crippen LogP contribution in [0.25, 0.3) is 0 Å². The van der Waals surface area contributed by atoms with Gasteiger partial charge >= 0.3 is 0 Å². The summed E-state index contributed by atoms with van der Waals surface area (Å²) in [5, 5.41) is 3.53. The molecule has 1 aliphatic carbocycles. The average molecular weight is 210 g/mol. The van der Waals surface area contributed by atoms with E-state index >= 15 is 0 Å². The summed E-state index contributed by atoms with van der Waals surface area (Å²) in [6.45, 7) is 10.9. The Morgan fingerprint density at radius 3 is 2.80 bits per heavy atom. The fourth-order valence-electron chi connectivity index (χ4n) is 3.26. The third-order valence-corrected chi connectivity index (χ3v) is 4.10. The first-order chi connectivity index (χ1) is 7.07. The van der Waals surface area contributed by atoms with Crippen LogP contribution in [0.3, 0.4) is 0 Å². The Balaban J connectivity index is 1.92. The summed E-state index contributed by atoms with van der Waals surface area (Å²) in [7, 11) is 0. The first-order valence-electron chi connectivity index (χ1n) is 6.54. The molecule has 1 aliphatic heterocycles. The number of nitrogens with zero attached hydrogens (tertiary/aromatic N) is 1. The molecule has 0 radical (unpaired) electrons. The second kappa shape index (κ2) is 4.42. The molecule has 2 atom stereocenters. The molecule has 1 saturated heterocycles. The van der Waals surface area contributed by atoms with Crippen molar-refractivity contribution in [1.82, 2.24) is 10.2 Å². The summed E-state index contributed by atoms with van der Waals surface area (Å²) in [6.07, 6.45) is 5.68. The first kappa shape index (κ1) is 11.4. The number of hydrogen-bond acceptors (Lipinski definition) is 2. The van der Waals surface area contributed by atoms with E-state index in [1.54, 1.807) is 0 Å². The van der Waals surface area contributed by atoms with Crippen LogP contribution in [0.5, 0.6) is 0 Å². The fraction of sp³-hybridized carbons (Fsp3) is 1.00. The number of piperazine rings is 1. The fourth-order valence-corrected chi connectivity index (χ4v) is 3.26. The summed E-state index contributed by atoms with van der Waals surface area (Å²) in [5.41, 5.74) is 0.580. The molecule has 2 heteroatoms. The second-order valence-corrected chi connectivity index (χ2v) is 6.26. The lowest BCUT2D eigenvalue weighted by Gasteiger charge is -2.44. The molecule has 88 valence electrons. The van der Waals surface area contributed by atoms with E-state index in [0.717, 1.165) is 6.04 Å². The highest BCUT2D eigenvalue weighted by atomic mass is 15.2. The molecule has 0 amide bonds. The minimum absolute atomic E-state index is 0.580. The maximum absolute atomic E-state index is 3.53. The molecule has 1 heterocycles. The van der Waals surface area contributed by atoms with Crippen LogP contribution >= 0.6 is 0 Å². The van der Waals surface area contributed by atoms with Gasteiger partial charge in [-0.1, -0.05) is 20.3 Å². The van der Waals surface area contributed by atoms with E-state index < -0.39 is 0 Å². The van der Waals surface area contributed by atoms with Gasteiger partial charge in [-0.2, -0.15) is 0 Å². The molecule has 2 fully saturated rings. The lowest BCUT2D eigenvalue weighted by atomic mass is 9.74. The van der Waals surface area contributed by atoms with Crippen LogP contribution in [0.15, 0.2) is 0 Å². The normalized spacial score (nSPS) is 37.8. The molecule has 2 nitrogen and oxygen atoms in total. The topological polar surface area (TPSA) is 15.3 Å². The molecule has 0 aromatic rings. The Labute approximate surface area is 94.4 Å². The van der Waals surface area contributed by atoms with E-state index in [-0.39, 0.29) is 0 Å². The number of nitrogens with one attached hydrogen (secondary N) is 1. The largest absolute Gasteiger partial charge is 0.312 e. The summed E-state index contributed by atoms with van der Waals surface area (Å²) in [5.74, 6) is 0. The molecule has 1 saturated carbocycles. The molecule has 0 bridgehead atoms. The standard InChI is InChI=1S/C13H26N2/c1-11-10-15(8-7-14-11)12-5-4-6-13(2,3)9-12/h11-12,14H,4-10H2,1-3H3. The molecule has 2 rings (SSSR count). The van der Waals surface area contributed by atoms with Crippen LogP contribution in [0.1, 0.15) is 46.5 Å². The van der Waals surface area contributed by atoms with Gasteiger partial charge in [0.1, 0.15) is 0 Å². The summed E-state index contributed by atoms with van der Waals surface area (Å²) in [4.78, 5) is 2.72. The van der Waals surface area contributed by atoms with Crippen molar-refractivity contribution in [2.24, 2.45) is 5.41 Å². The Hall–Kier alpha value is -0.0800. The van der Waals surface area contributed by atoms with E-state index in [4.69, 9.17) is 0 Å². The summed E-state index contributed by atoms with van der Waals surface area (Å²) in [6, 6.07) is 1.54. The average Bonchev–Trinajstić information content (AvgIpc) is 2.16. The molecule has 0 aromatic carbocycles. The second-order valence-electron chi connectivity index (χ2n) is 6.26. The predicted molar refractivity (Wildman–Crippen MR) is 65.1 cm³/mol. The molecular weight excluding hydrogens is 184 g/mol. The van der Waals surface area contributed by atoms with E-state index in [1.165, 1.54) is 45.3 Å². The minimum Gasteiger partial charge on any atom is -0.312 e. The van der Waals surface area contributed by atoms with Crippen LogP contribution < -0.4 is 5.32 Å². The third-order valence-electron chi connectivity index (χ3n) is 4.10. The predicted octanol–water partition coefficient (Wildman–Crippen LogP) is 2.25. The van der Waals surface area contributed by atoms with Crippen molar-refractivity contribution in [1.29, 1.82) is 0 Å². The number of hydrogen-bond donors (Lipinski definition) is 1. The van der Waals surface area contributed by atoms with Crippen molar-refractivity contribution in [3.63, 3.8) is 0 Å². The Morgan fingerprint density at radius 2 is 2.13 bits per heavy atom.